The molecule has 1 spiro atoms. The lowest BCUT2D eigenvalue weighted by atomic mass is 9.87. The molecule has 3 aromatic rings. The zero-order valence-electron chi connectivity index (χ0n) is 16.6. The van der Waals surface area contributed by atoms with Gasteiger partial charge in [0, 0.05) is 36.0 Å². The van der Waals surface area contributed by atoms with Crippen molar-refractivity contribution in [3.63, 3.8) is 0 Å². The van der Waals surface area contributed by atoms with Gasteiger partial charge >= 0.3 is 0 Å². The lowest BCUT2D eigenvalue weighted by Crippen LogP contribution is -2.49. The number of amides is 1. The van der Waals surface area contributed by atoms with Crippen molar-refractivity contribution in [3.05, 3.63) is 94.5 Å². The molecule has 30 heavy (non-hydrogen) atoms. The van der Waals surface area contributed by atoms with E-state index in [4.69, 9.17) is 4.74 Å². The van der Waals surface area contributed by atoms with Crippen molar-refractivity contribution in [1.29, 1.82) is 0 Å². The number of ether oxygens (including phenoxy) is 1. The number of piperidine rings is 1. The highest BCUT2D eigenvalue weighted by Gasteiger charge is 2.38. The molecule has 0 aliphatic carbocycles. The van der Waals surface area contributed by atoms with Gasteiger partial charge in [0.25, 0.3) is 5.91 Å². The molecule has 2 aliphatic rings. The van der Waals surface area contributed by atoms with Crippen molar-refractivity contribution in [2.24, 2.45) is 0 Å². The van der Waals surface area contributed by atoms with Crippen LogP contribution in [0, 0.1) is 0 Å². The Morgan fingerprint density at radius 1 is 0.900 bits per heavy atom. The molecule has 0 saturated carbocycles. The molecule has 3 aromatic carbocycles. The van der Waals surface area contributed by atoms with E-state index in [1.54, 1.807) is 0 Å². The minimum Gasteiger partial charge on any atom is -0.482 e. The number of hydrogen-bond donors (Lipinski definition) is 0. The average Bonchev–Trinajstić information content (AvgIpc) is 2.80. The first-order valence-electron chi connectivity index (χ1n) is 10.3. The van der Waals surface area contributed by atoms with Gasteiger partial charge in [0.15, 0.2) is 0 Å². The Bertz CT molecular complexity index is 1110. The predicted octanol–water partition coefficient (Wildman–Crippen LogP) is 6.20. The maximum atomic E-state index is 12.9. The van der Waals surface area contributed by atoms with Gasteiger partial charge in [-0.15, -0.1) is 0 Å². The van der Waals surface area contributed by atoms with Crippen LogP contribution in [0.3, 0.4) is 0 Å². The van der Waals surface area contributed by atoms with Crippen LogP contribution < -0.4 is 4.74 Å². The summed E-state index contributed by atoms with van der Waals surface area (Å²) < 4.78 is 7.31. The lowest BCUT2D eigenvalue weighted by molar-refractivity contribution is 0.0329. The summed E-state index contributed by atoms with van der Waals surface area (Å²) in [6.07, 6.45) is 5.94. The van der Waals surface area contributed by atoms with Gasteiger partial charge in [-0.05, 0) is 57.4 Å². The summed E-state index contributed by atoms with van der Waals surface area (Å²) in [7, 11) is 0. The van der Waals surface area contributed by atoms with Crippen molar-refractivity contribution in [2.75, 3.05) is 13.1 Å². The molecular formula is C26H22BrNO2. The Morgan fingerprint density at radius 3 is 2.40 bits per heavy atom. The Hall–Kier alpha value is -2.85. The Kier molecular flexibility index (Phi) is 4.95. The van der Waals surface area contributed by atoms with Crippen LogP contribution in [0.15, 0.2) is 83.3 Å². The molecular weight excluding hydrogens is 438 g/mol. The van der Waals surface area contributed by atoms with E-state index in [1.165, 1.54) is 11.1 Å². The Balaban J connectivity index is 1.31. The van der Waals surface area contributed by atoms with Gasteiger partial charge in [0.1, 0.15) is 11.4 Å². The fourth-order valence-electron chi connectivity index (χ4n) is 4.24. The zero-order valence-corrected chi connectivity index (χ0v) is 18.1. The van der Waals surface area contributed by atoms with Crippen molar-refractivity contribution < 1.29 is 9.53 Å². The number of halogens is 1. The standard InChI is InChI=1S/C26H22BrNO2/c27-23-9-5-4-8-22(23)25(29)28-16-14-26(15-17-28)13-12-21-18-20(10-11-24(21)30-26)19-6-2-1-3-7-19/h1-13,18H,14-17H2. The van der Waals surface area contributed by atoms with Gasteiger partial charge in [0.05, 0.1) is 5.56 Å². The normalized spacial score (nSPS) is 16.8. The number of carbonyl (C=O) groups is 1. The molecule has 5 rings (SSSR count). The highest BCUT2D eigenvalue weighted by atomic mass is 79.9. The highest BCUT2D eigenvalue weighted by Crippen LogP contribution is 2.39. The molecule has 1 saturated heterocycles. The summed E-state index contributed by atoms with van der Waals surface area (Å²) >= 11 is 3.49. The highest BCUT2D eigenvalue weighted by molar-refractivity contribution is 9.10. The molecule has 4 heteroatoms. The SMILES string of the molecule is O=C(c1ccccc1Br)N1CCC2(C=Cc3cc(-c4ccccc4)ccc3O2)CC1. The van der Waals surface area contributed by atoms with E-state index >= 15 is 0 Å². The number of hydrogen-bond acceptors (Lipinski definition) is 2. The molecule has 0 bridgehead atoms. The molecule has 3 nitrogen and oxygen atoms in total. The molecule has 150 valence electrons. The molecule has 1 fully saturated rings. The second kappa shape index (κ2) is 7.77. The van der Waals surface area contributed by atoms with Crippen LogP contribution in [0.5, 0.6) is 5.75 Å². The third-order valence-electron chi connectivity index (χ3n) is 6.00. The first-order valence-corrected chi connectivity index (χ1v) is 11.0. The number of likely N-dealkylation sites (tertiary alicyclic amines) is 1. The molecule has 0 radical (unpaired) electrons. The summed E-state index contributed by atoms with van der Waals surface area (Å²) in [6.45, 7) is 1.36. The van der Waals surface area contributed by atoms with E-state index in [0.717, 1.165) is 28.6 Å². The Labute approximate surface area is 185 Å². The predicted molar refractivity (Wildman–Crippen MR) is 124 cm³/mol. The number of benzene rings is 3. The average molecular weight is 460 g/mol. The second-order valence-corrected chi connectivity index (χ2v) is 8.75. The van der Waals surface area contributed by atoms with Gasteiger partial charge in [0.2, 0.25) is 0 Å². The first kappa shape index (κ1) is 19.1. The fourth-order valence-corrected chi connectivity index (χ4v) is 4.69. The largest absolute Gasteiger partial charge is 0.482 e. The summed E-state index contributed by atoms with van der Waals surface area (Å²) in [4.78, 5) is 14.8. The summed E-state index contributed by atoms with van der Waals surface area (Å²) in [5, 5.41) is 0. The molecule has 1 amide bonds. The first-order chi connectivity index (χ1) is 14.6. The molecule has 2 heterocycles. The maximum absolute atomic E-state index is 12.9. The quantitative estimate of drug-likeness (QED) is 0.456. The zero-order chi connectivity index (χ0) is 20.6. The van der Waals surface area contributed by atoms with E-state index in [1.807, 2.05) is 35.2 Å². The molecule has 0 N–H and O–H groups in total. The minimum atomic E-state index is -0.327. The number of fused-ring (bicyclic) bond motifs is 1. The molecule has 2 aliphatic heterocycles. The van der Waals surface area contributed by atoms with Gasteiger partial charge in [-0.25, -0.2) is 0 Å². The topological polar surface area (TPSA) is 29.5 Å². The summed E-state index contributed by atoms with van der Waals surface area (Å²) in [5.41, 5.74) is 3.88. The summed E-state index contributed by atoms with van der Waals surface area (Å²) in [5.74, 6) is 0.993. The third kappa shape index (κ3) is 3.56. The number of nitrogens with zero attached hydrogens (tertiary/aromatic N) is 1. The van der Waals surface area contributed by atoms with Crippen LogP contribution in [0.25, 0.3) is 17.2 Å². The van der Waals surface area contributed by atoms with E-state index < -0.39 is 0 Å². The van der Waals surface area contributed by atoms with Crippen LogP contribution >= 0.6 is 15.9 Å². The fraction of sp³-hybridized carbons (Fsp3) is 0.192. The smallest absolute Gasteiger partial charge is 0.255 e. The van der Waals surface area contributed by atoms with Crippen LogP contribution in [0.2, 0.25) is 0 Å². The van der Waals surface area contributed by atoms with Gasteiger partial charge < -0.3 is 9.64 Å². The molecule has 0 aromatic heterocycles. The number of rotatable bonds is 2. The van der Waals surface area contributed by atoms with E-state index in [0.29, 0.717) is 18.7 Å². The van der Waals surface area contributed by atoms with Crippen LogP contribution in [0.1, 0.15) is 28.8 Å². The lowest BCUT2D eigenvalue weighted by Gasteiger charge is -2.42. The van der Waals surface area contributed by atoms with Crippen molar-refractivity contribution in [1.82, 2.24) is 4.90 Å². The van der Waals surface area contributed by atoms with Crippen molar-refractivity contribution >= 4 is 27.9 Å². The van der Waals surface area contributed by atoms with Gasteiger partial charge in [-0.1, -0.05) is 54.6 Å². The monoisotopic (exact) mass is 459 g/mol. The molecule has 0 unspecified atom stereocenters. The van der Waals surface area contributed by atoms with Crippen molar-refractivity contribution in [2.45, 2.75) is 18.4 Å². The molecule has 0 atom stereocenters. The third-order valence-corrected chi connectivity index (χ3v) is 6.69. The number of carbonyl (C=O) groups excluding carboxylic acids is 1. The maximum Gasteiger partial charge on any atom is 0.255 e. The second-order valence-electron chi connectivity index (χ2n) is 7.89. The van der Waals surface area contributed by atoms with Gasteiger partial charge in [-0.2, -0.15) is 0 Å². The van der Waals surface area contributed by atoms with Crippen LogP contribution in [0.4, 0.5) is 0 Å². The van der Waals surface area contributed by atoms with Crippen LogP contribution in [-0.2, 0) is 0 Å². The Morgan fingerprint density at radius 2 is 1.63 bits per heavy atom. The minimum absolute atomic E-state index is 0.0741. The van der Waals surface area contributed by atoms with E-state index in [2.05, 4.69) is 70.5 Å². The van der Waals surface area contributed by atoms with E-state index in [-0.39, 0.29) is 11.5 Å². The van der Waals surface area contributed by atoms with Crippen molar-refractivity contribution in [3.8, 4) is 16.9 Å². The summed E-state index contributed by atoms with van der Waals surface area (Å²) in [6, 6.07) is 24.3. The van der Waals surface area contributed by atoms with E-state index in [9.17, 15) is 4.79 Å². The van der Waals surface area contributed by atoms with Gasteiger partial charge in [-0.3, -0.25) is 4.79 Å². The van der Waals surface area contributed by atoms with Crippen LogP contribution in [-0.4, -0.2) is 29.5 Å².